The maximum Gasteiger partial charge on any atom is 0.243 e. The lowest BCUT2D eigenvalue weighted by Crippen LogP contribution is -2.51. The zero-order valence-electron chi connectivity index (χ0n) is 19.6. The van der Waals surface area contributed by atoms with Crippen molar-refractivity contribution in [1.82, 2.24) is 10.2 Å². The standard InChI is InChI=1S/C27H36N2O2S/c1-4-25(27(31)28-24-10-5-6-11-24)29(17-23-9-7-8-21(3)16-23)26(30)19-32-18-22-14-12-20(2)13-15-22/h7-9,12-16,24-25H,4-6,10-11,17-19H2,1-3H3,(H,28,31)/t25-/m0/s1. The van der Waals surface area contributed by atoms with Crippen molar-refractivity contribution in [2.75, 3.05) is 5.75 Å². The molecule has 0 saturated heterocycles. The summed E-state index contributed by atoms with van der Waals surface area (Å²) in [4.78, 5) is 28.3. The number of carbonyl (C=O) groups excluding carboxylic acids is 2. The average molecular weight is 453 g/mol. The Morgan fingerprint density at radius 1 is 1.03 bits per heavy atom. The molecule has 1 aliphatic rings. The van der Waals surface area contributed by atoms with Crippen molar-refractivity contribution in [3.05, 3.63) is 70.8 Å². The summed E-state index contributed by atoms with van der Waals surface area (Å²) in [5.41, 5.74) is 4.67. The molecule has 0 bridgehead atoms. The van der Waals surface area contributed by atoms with Crippen molar-refractivity contribution in [2.45, 2.75) is 77.3 Å². The van der Waals surface area contributed by atoms with Gasteiger partial charge in [-0.15, -0.1) is 11.8 Å². The van der Waals surface area contributed by atoms with E-state index in [0.29, 0.717) is 18.7 Å². The molecule has 1 atom stereocenters. The van der Waals surface area contributed by atoms with Gasteiger partial charge in [-0.05, 0) is 44.2 Å². The average Bonchev–Trinajstić information content (AvgIpc) is 3.28. The lowest BCUT2D eigenvalue weighted by Gasteiger charge is -2.31. The molecular weight excluding hydrogens is 416 g/mol. The Morgan fingerprint density at radius 2 is 1.75 bits per heavy atom. The quantitative estimate of drug-likeness (QED) is 0.525. The fraction of sp³-hybridized carbons (Fsp3) is 0.481. The molecule has 2 amide bonds. The van der Waals surface area contributed by atoms with Crippen LogP contribution in [-0.4, -0.2) is 34.6 Å². The topological polar surface area (TPSA) is 49.4 Å². The lowest BCUT2D eigenvalue weighted by molar-refractivity contribution is -0.139. The number of amides is 2. The largest absolute Gasteiger partial charge is 0.352 e. The highest BCUT2D eigenvalue weighted by Gasteiger charge is 2.30. The van der Waals surface area contributed by atoms with E-state index >= 15 is 0 Å². The number of carbonyl (C=O) groups is 2. The molecule has 0 aromatic heterocycles. The first kappa shape index (κ1) is 24.4. The van der Waals surface area contributed by atoms with Gasteiger partial charge in [0.15, 0.2) is 0 Å². The van der Waals surface area contributed by atoms with Gasteiger partial charge in [0.05, 0.1) is 5.75 Å². The van der Waals surface area contributed by atoms with Crippen LogP contribution in [0.25, 0.3) is 0 Å². The van der Waals surface area contributed by atoms with Crippen molar-refractivity contribution in [3.8, 4) is 0 Å². The van der Waals surface area contributed by atoms with Crippen LogP contribution >= 0.6 is 11.8 Å². The zero-order chi connectivity index (χ0) is 22.9. The first-order valence-electron chi connectivity index (χ1n) is 11.7. The van der Waals surface area contributed by atoms with Gasteiger partial charge in [0, 0.05) is 18.3 Å². The Hall–Kier alpha value is -2.27. The fourth-order valence-electron chi connectivity index (χ4n) is 4.32. The van der Waals surface area contributed by atoms with E-state index in [1.54, 1.807) is 16.7 Å². The Labute approximate surface area is 197 Å². The highest BCUT2D eigenvalue weighted by molar-refractivity contribution is 7.99. The molecule has 1 saturated carbocycles. The van der Waals surface area contributed by atoms with Gasteiger partial charge < -0.3 is 10.2 Å². The van der Waals surface area contributed by atoms with Crippen LogP contribution in [-0.2, 0) is 21.9 Å². The summed E-state index contributed by atoms with van der Waals surface area (Å²) >= 11 is 1.61. The molecule has 0 unspecified atom stereocenters. The van der Waals surface area contributed by atoms with Crippen LogP contribution < -0.4 is 5.32 Å². The minimum Gasteiger partial charge on any atom is -0.352 e. The monoisotopic (exact) mass is 452 g/mol. The number of hydrogen-bond acceptors (Lipinski definition) is 3. The minimum absolute atomic E-state index is 0.0102. The van der Waals surface area contributed by atoms with Gasteiger partial charge in [-0.1, -0.05) is 79.4 Å². The SMILES string of the molecule is CC[C@@H](C(=O)NC1CCCC1)N(Cc1cccc(C)c1)C(=O)CSCc1ccc(C)cc1. The van der Waals surface area contributed by atoms with Gasteiger partial charge in [-0.3, -0.25) is 9.59 Å². The van der Waals surface area contributed by atoms with Crippen LogP contribution in [0.3, 0.4) is 0 Å². The highest BCUT2D eigenvalue weighted by Crippen LogP contribution is 2.21. The molecule has 0 heterocycles. The van der Waals surface area contributed by atoms with Gasteiger partial charge >= 0.3 is 0 Å². The fourth-order valence-corrected chi connectivity index (χ4v) is 5.19. The van der Waals surface area contributed by atoms with Crippen LogP contribution in [0.4, 0.5) is 0 Å². The maximum absolute atomic E-state index is 13.3. The zero-order valence-corrected chi connectivity index (χ0v) is 20.4. The molecule has 5 heteroatoms. The minimum atomic E-state index is -0.441. The van der Waals surface area contributed by atoms with Crippen molar-refractivity contribution in [3.63, 3.8) is 0 Å². The number of nitrogens with one attached hydrogen (secondary N) is 1. The maximum atomic E-state index is 13.3. The van der Waals surface area contributed by atoms with E-state index in [0.717, 1.165) is 29.7 Å². The molecule has 0 spiro atoms. The van der Waals surface area contributed by atoms with Crippen molar-refractivity contribution >= 4 is 23.6 Å². The Morgan fingerprint density at radius 3 is 2.41 bits per heavy atom. The third-order valence-corrected chi connectivity index (χ3v) is 7.13. The second-order valence-electron chi connectivity index (χ2n) is 8.90. The van der Waals surface area contributed by atoms with Crippen molar-refractivity contribution in [1.29, 1.82) is 0 Å². The summed E-state index contributed by atoms with van der Waals surface area (Å²) in [6, 6.07) is 16.4. The molecule has 32 heavy (non-hydrogen) atoms. The molecule has 2 aromatic carbocycles. The summed E-state index contributed by atoms with van der Waals surface area (Å²) in [6.45, 7) is 6.58. The second kappa shape index (κ2) is 12.1. The summed E-state index contributed by atoms with van der Waals surface area (Å²) in [5.74, 6) is 1.17. The highest BCUT2D eigenvalue weighted by atomic mass is 32.2. The molecule has 1 fully saturated rings. The number of rotatable bonds is 10. The first-order valence-corrected chi connectivity index (χ1v) is 12.9. The molecular formula is C27H36N2O2S. The van der Waals surface area contributed by atoms with Gasteiger partial charge in [-0.25, -0.2) is 0 Å². The first-order chi connectivity index (χ1) is 15.5. The summed E-state index contributed by atoms with van der Waals surface area (Å²) < 4.78 is 0. The van der Waals surface area contributed by atoms with E-state index in [1.165, 1.54) is 24.0 Å². The van der Waals surface area contributed by atoms with Gasteiger partial charge in [0.1, 0.15) is 6.04 Å². The van der Waals surface area contributed by atoms with E-state index in [-0.39, 0.29) is 17.9 Å². The predicted octanol–water partition coefficient (Wildman–Crippen LogP) is 5.40. The summed E-state index contributed by atoms with van der Waals surface area (Å²) in [5, 5.41) is 3.21. The van der Waals surface area contributed by atoms with E-state index in [9.17, 15) is 9.59 Å². The summed E-state index contributed by atoms with van der Waals surface area (Å²) in [7, 11) is 0. The van der Waals surface area contributed by atoms with Crippen LogP contribution in [0, 0.1) is 13.8 Å². The van der Waals surface area contributed by atoms with E-state index < -0.39 is 6.04 Å². The van der Waals surface area contributed by atoms with Crippen LogP contribution in [0.2, 0.25) is 0 Å². The smallest absolute Gasteiger partial charge is 0.243 e. The number of hydrogen-bond donors (Lipinski definition) is 1. The van der Waals surface area contributed by atoms with Crippen molar-refractivity contribution < 1.29 is 9.59 Å². The van der Waals surface area contributed by atoms with Crippen LogP contribution in [0.5, 0.6) is 0 Å². The number of nitrogens with zero attached hydrogens (tertiary/aromatic N) is 1. The molecule has 3 rings (SSSR count). The summed E-state index contributed by atoms with van der Waals surface area (Å²) in [6.07, 6.45) is 5.03. The third-order valence-electron chi connectivity index (χ3n) is 6.14. The lowest BCUT2D eigenvalue weighted by atomic mass is 10.1. The molecule has 172 valence electrons. The Kier molecular flexibility index (Phi) is 9.22. The number of thioether (sulfide) groups is 1. The van der Waals surface area contributed by atoms with Crippen LogP contribution in [0.1, 0.15) is 61.3 Å². The number of aryl methyl sites for hydroxylation is 2. The molecule has 2 aromatic rings. The second-order valence-corrected chi connectivity index (χ2v) is 9.89. The van der Waals surface area contributed by atoms with Crippen LogP contribution in [0.15, 0.2) is 48.5 Å². The van der Waals surface area contributed by atoms with Crippen molar-refractivity contribution in [2.24, 2.45) is 0 Å². The third kappa shape index (κ3) is 7.13. The van der Waals surface area contributed by atoms with Gasteiger partial charge in [0.2, 0.25) is 11.8 Å². The van der Waals surface area contributed by atoms with Gasteiger partial charge in [0.25, 0.3) is 0 Å². The normalized spacial score (nSPS) is 14.8. The van der Waals surface area contributed by atoms with E-state index in [2.05, 4.69) is 55.6 Å². The van der Waals surface area contributed by atoms with Gasteiger partial charge in [-0.2, -0.15) is 0 Å². The molecule has 1 aliphatic carbocycles. The number of benzene rings is 2. The molecule has 1 N–H and O–H groups in total. The molecule has 0 aliphatic heterocycles. The Bertz CT molecular complexity index is 891. The predicted molar refractivity (Wildman–Crippen MR) is 134 cm³/mol. The van der Waals surface area contributed by atoms with E-state index in [4.69, 9.17) is 0 Å². The molecule has 4 nitrogen and oxygen atoms in total. The Balaban J connectivity index is 1.69. The van der Waals surface area contributed by atoms with E-state index in [1.807, 2.05) is 19.1 Å². The molecule has 0 radical (unpaired) electrons.